The topological polar surface area (TPSA) is 79.3 Å². The van der Waals surface area contributed by atoms with Crippen molar-refractivity contribution in [3.63, 3.8) is 0 Å². The van der Waals surface area contributed by atoms with Gasteiger partial charge in [0.15, 0.2) is 0 Å². The van der Waals surface area contributed by atoms with Crippen molar-refractivity contribution in [2.45, 2.75) is 19.9 Å². The van der Waals surface area contributed by atoms with E-state index in [2.05, 4.69) is 4.90 Å². The Balaban J connectivity index is 1.73. The highest BCUT2D eigenvalue weighted by molar-refractivity contribution is 6.46. The molecule has 0 aliphatic carbocycles. The molecule has 2 heterocycles. The van der Waals surface area contributed by atoms with Gasteiger partial charge in [-0.3, -0.25) is 14.5 Å². The number of halogens is 1. The van der Waals surface area contributed by atoms with E-state index in [1.54, 1.807) is 30.3 Å². The van der Waals surface area contributed by atoms with Crippen LogP contribution in [0.2, 0.25) is 0 Å². The van der Waals surface area contributed by atoms with E-state index in [9.17, 15) is 19.1 Å². The highest BCUT2D eigenvalue weighted by atomic mass is 19.1. The van der Waals surface area contributed by atoms with Crippen molar-refractivity contribution in [2.24, 2.45) is 0 Å². The van der Waals surface area contributed by atoms with E-state index in [0.29, 0.717) is 49.8 Å². The van der Waals surface area contributed by atoms with Crippen LogP contribution in [0.5, 0.6) is 5.75 Å². The van der Waals surface area contributed by atoms with Crippen LogP contribution in [0.15, 0.2) is 48.0 Å². The highest BCUT2D eigenvalue weighted by Crippen LogP contribution is 2.39. The van der Waals surface area contributed by atoms with Gasteiger partial charge in [-0.15, -0.1) is 0 Å². The molecule has 0 bridgehead atoms. The van der Waals surface area contributed by atoms with Gasteiger partial charge in [-0.2, -0.15) is 0 Å². The van der Waals surface area contributed by atoms with Crippen molar-refractivity contribution in [3.05, 3.63) is 70.5 Å². The molecule has 2 aliphatic heterocycles. The molecule has 2 saturated heterocycles. The lowest BCUT2D eigenvalue weighted by atomic mass is 9.94. The largest absolute Gasteiger partial charge is 0.507 e. The number of amides is 1. The Kier molecular flexibility index (Phi) is 7.29. The summed E-state index contributed by atoms with van der Waals surface area (Å²) in [5, 5.41) is 11.2. The second-order valence-corrected chi connectivity index (χ2v) is 8.41. The zero-order valence-electron chi connectivity index (χ0n) is 19.4. The van der Waals surface area contributed by atoms with Crippen LogP contribution in [0.1, 0.15) is 29.7 Å². The Bertz CT molecular complexity index is 1090. The van der Waals surface area contributed by atoms with E-state index < -0.39 is 23.5 Å². The van der Waals surface area contributed by atoms with Crippen LogP contribution in [0.4, 0.5) is 4.39 Å². The Morgan fingerprint density at radius 1 is 1.12 bits per heavy atom. The molecule has 0 saturated carbocycles. The summed E-state index contributed by atoms with van der Waals surface area (Å²) in [5.74, 6) is -1.42. The summed E-state index contributed by atoms with van der Waals surface area (Å²) >= 11 is 0. The van der Waals surface area contributed by atoms with Gasteiger partial charge in [0, 0.05) is 31.7 Å². The monoisotopic (exact) mass is 468 g/mol. The molecule has 0 unspecified atom stereocenters. The molecule has 0 spiro atoms. The minimum atomic E-state index is -0.812. The van der Waals surface area contributed by atoms with Gasteiger partial charge in [-0.1, -0.05) is 12.1 Å². The van der Waals surface area contributed by atoms with Gasteiger partial charge in [0.2, 0.25) is 0 Å². The molecule has 180 valence electrons. The van der Waals surface area contributed by atoms with Gasteiger partial charge in [-0.05, 0) is 55.3 Å². The lowest BCUT2D eigenvalue weighted by Crippen LogP contribution is -2.42. The number of carbonyl (C=O) groups is 2. The summed E-state index contributed by atoms with van der Waals surface area (Å²) < 4.78 is 24.6. The number of Topliss-reactive ketones (excluding diaryl/α,β-unsaturated/α-hetero) is 1. The lowest BCUT2D eigenvalue weighted by molar-refractivity contribution is -0.140. The van der Waals surface area contributed by atoms with E-state index in [4.69, 9.17) is 9.47 Å². The van der Waals surface area contributed by atoms with Crippen LogP contribution in [0.25, 0.3) is 5.76 Å². The quantitative estimate of drug-likeness (QED) is 0.382. The molecule has 0 radical (unpaired) electrons. The first-order chi connectivity index (χ1) is 16.4. The summed E-state index contributed by atoms with van der Waals surface area (Å²) in [6.45, 7) is 7.84. The first-order valence-corrected chi connectivity index (χ1v) is 11.5. The molecular formula is C26H29FN2O5. The summed E-state index contributed by atoms with van der Waals surface area (Å²) in [5.41, 5.74) is 1.78. The zero-order chi connectivity index (χ0) is 24.2. The van der Waals surface area contributed by atoms with Crippen molar-refractivity contribution in [3.8, 4) is 5.75 Å². The van der Waals surface area contributed by atoms with Crippen molar-refractivity contribution >= 4 is 17.4 Å². The Labute approximate surface area is 198 Å². The smallest absolute Gasteiger partial charge is 0.295 e. The normalized spacial score (nSPS) is 20.7. The SMILES string of the molecule is CCOc1ccc(C(O)=C2C(=O)C(=O)N(CCN3CCOCC3)[C@H]2c2ccc(F)cc2)cc1C. The van der Waals surface area contributed by atoms with Gasteiger partial charge in [0.1, 0.15) is 17.3 Å². The van der Waals surface area contributed by atoms with E-state index in [-0.39, 0.29) is 11.3 Å². The van der Waals surface area contributed by atoms with Crippen LogP contribution >= 0.6 is 0 Å². The Morgan fingerprint density at radius 2 is 1.82 bits per heavy atom. The third-order valence-electron chi connectivity index (χ3n) is 6.23. The number of hydrogen-bond acceptors (Lipinski definition) is 6. The fraction of sp³-hybridized carbons (Fsp3) is 0.385. The number of ether oxygens (including phenoxy) is 2. The molecule has 2 aromatic carbocycles. The minimum absolute atomic E-state index is 0.00199. The second-order valence-electron chi connectivity index (χ2n) is 8.41. The number of likely N-dealkylation sites (tertiary alicyclic amines) is 1. The molecule has 34 heavy (non-hydrogen) atoms. The van der Waals surface area contributed by atoms with Crippen molar-refractivity contribution in [2.75, 3.05) is 46.0 Å². The predicted octanol–water partition coefficient (Wildman–Crippen LogP) is 3.29. The van der Waals surface area contributed by atoms with Gasteiger partial charge in [0.25, 0.3) is 11.7 Å². The summed E-state index contributed by atoms with van der Waals surface area (Å²) in [7, 11) is 0. The number of aryl methyl sites for hydroxylation is 1. The molecule has 1 atom stereocenters. The number of aliphatic hydroxyl groups is 1. The van der Waals surface area contributed by atoms with Crippen LogP contribution in [0.3, 0.4) is 0 Å². The lowest BCUT2D eigenvalue weighted by Gasteiger charge is -2.31. The van der Waals surface area contributed by atoms with Gasteiger partial charge >= 0.3 is 0 Å². The number of nitrogens with zero attached hydrogens (tertiary/aromatic N) is 2. The van der Waals surface area contributed by atoms with E-state index >= 15 is 0 Å². The van der Waals surface area contributed by atoms with E-state index in [1.807, 2.05) is 13.8 Å². The Morgan fingerprint density at radius 3 is 2.47 bits per heavy atom. The fourth-order valence-electron chi connectivity index (χ4n) is 4.45. The number of morpholine rings is 1. The summed E-state index contributed by atoms with van der Waals surface area (Å²) in [4.78, 5) is 29.9. The molecule has 1 amide bonds. The van der Waals surface area contributed by atoms with E-state index in [1.165, 1.54) is 17.0 Å². The molecule has 8 heteroatoms. The Hall–Kier alpha value is -3.23. The van der Waals surface area contributed by atoms with Gasteiger partial charge in [-0.25, -0.2) is 4.39 Å². The molecule has 2 aliphatic rings. The first kappa shape index (κ1) is 23.9. The molecule has 2 aromatic rings. The average molecular weight is 469 g/mol. The second kappa shape index (κ2) is 10.4. The first-order valence-electron chi connectivity index (χ1n) is 11.5. The van der Waals surface area contributed by atoms with Crippen LogP contribution in [0, 0.1) is 12.7 Å². The predicted molar refractivity (Wildman–Crippen MR) is 125 cm³/mol. The van der Waals surface area contributed by atoms with Crippen molar-refractivity contribution < 1.29 is 28.6 Å². The summed E-state index contributed by atoms with van der Waals surface area (Å²) in [6, 6.07) is 9.98. The zero-order valence-corrected chi connectivity index (χ0v) is 19.4. The van der Waals surface area contributed by atoms with Crippen molar-refractivity contribution in [1.29, 1.82) is 0 Å². The molecule has 2 fully saturated rings. The van der Waals surface area contributed by atoms with Gasteiger partial charge < -0.3 is 19.5 Å². The van der Waals surface area contributed by atoms with Crippen LogP contribution in [-0.4, -0.2) is 72.6 Å². The average Bonchev–Trinajstić information content (AvgIpc) is 3.09. The van der Waals surface area contributed by atoms with Crippen LogP contribution in [-0.2, 0) is 14.3 Å². The maximum absolute atomic E-state index is 13.6. The number of rotatable bonds is 7. The number of carbonyl (C=O) groups excluding carboxylic acids is 2. The number of hydrogen-bond donors (Lipinski definition) is 1. The summed E-state index contributed by atoms with van der Waals surface area (Å²) in [6.07, 6.45) is 0. The highest BCUT2D eigenvalue weighted by Gasteiger charge is 2.46. The number of ketones is 1. The van der Waals surface area contributed by atoms with Crippen LogP contribution < -0.4 is 4.74 Å². The molecule has 0 aromatic heterocycles. The maximum Gasteiger partial charge on any atom is 0.295 e. The third-order valence-corrected chi connectivity index (χ3v) is 6.23. The third kappa shape index (κ3) is 4.83. The molecule has 4 rings (SSSR count). The van der Waals surface area contributed by atoms with E-state index in [0.717, 1.165) is 18.7 Å². The van der Waals surface area contributed by atoms with Crippen molar-refractivity contribution in [1.82, 2.24) is 9.80 Å². The fourth-order valence-corrected chi connectivity index (χ4v) is 4.45. The maximum atomic E-state index is 13.6. The molecular weight excluding hydrogens is 439 g/mol. The number of benzene rings is 2. The minimum Gasteiger partial charge on any atom is -0.507 e. The number of aliphatic hydroxyl groups excluding tert-OH is 1. The molecule has 7 nitrogen and oxygen atoms in total. The van der Waals surface area contributed by atoms with Gasteiger partial charge in [0.05, 0.1) is 31.4 Å². The molecule has 1 N–H and O–H groups in total. The standard InChI is InChI=1S/C26H29FN2O5/c1-3-34-21-9-6-19(16-17(21)2)24(30)22-23(18-4-7-20(27)8-5-18)29(26(32)25(22)31)11-10-28-12-14-33-15-13-28/h4-9,16,23,30H,3,10-15H2,1-2H3/t23-/m0/s1.